The Morgan fingerprint density at radius 2 is 2.17 bits per heavy atom. The molecule has 0 aliphatic heterocycles. The molecule has 0 fully saturated rings. The van der Waals surface area contributed by atoms with Gasteiger partial charge in [-0.1, -0.05) is 31.6 Å². The van der Waals surface area contributed by atoms with Gasteiger partial charge in [0.2, 0.25) is 0 Å². The summed E-state index contributed by atoms with van der Waals surface area (Å²) in [6.45, 7) is 6.74. The molecule has 0 aliphatic rings. The van der Waals surface area contributed by atoms with Crippen LogP contribution >= 0.6 is 11.3 Å². The van der Waals surface area contributed by atoms with Crippen LogP contribution in [0.5, 0.6) is 0 Å². The van der Waals surface area contributed by atoms with Crippen LogP contribution in [0.25, 0.3) is 10.2 Å². The van der Waals surface area contributed by atoms with E-state index in [4.69, 9.17) is 5.73 Å². The number of rotatable bonds is 5. The van der Waals surface area contributed by atoms with Gasteiger partial charge in [0.15, 0.2) is 5.13 Å². The first kappa shape index (κ1) is 13.1. The number of hydrogen-bond donors (Lipinski definition) is 2. The number of nitrogen functional groups attached to an aromatic ring is 1. The van der Waals surface area contributed by atoms with Gasteiger partial charge in [-0.25, -0.2) is 4.98 Å². The number of nitrogens with zero attached hydrogens (tertiary/aromatic N) is 1. The normalized spacial score (nSPS) is 14.6. The van der Waals surface area contributed by atoms with Crippen molar-refractivity contribution in [1.29, 1.82) is 0 Å². The van der Waals surface area contributed by atoms with Crippen LogP contribution in [0.1, 0.15) is 33.6 Å². The second kappa shape index (κ2) is 5.57. The molecular weight excluding hydrogens is 242 g/mol. The van der Waals surface area contributed by atoms with Gasteiger partial charge >= 0.3 is 0 Å². The standard InChI is InChI=1S/C14H21N3S/c1-4-9(2)7-10(3)16-14-17-12-6-5-11(15)8-13(12)18-14/h5-6,8-10H,4,7,15H2,1-3H3,(H,16,17). The summed E-state index contributed by atoms with van der Waals surface area (Å²) in [6.07, 6.45) is 2.40. The number of nitrogens with two attached hydrogens (primary N) is 1. The number of nitrogens with one attached hydrogen (secondary N) is 1. The lowest BCUT2D eigenvalue weighted by Gasteiger charge is -2.16. The molecule has 4 heteroatoms. The summed E-state index contributed by atoms with van der Waals surface area (Å²) in [5.74, 6) is 0.748. The van der Waals surface area contributed by atoms with Gasteiger partial charge in [-0.3, -0.25) is 0 Å². The molecule has 2 unspecified atom stereocenters. The molecule has 1 heterocycles. The molecule has 0 radical (unpaired) electrons. The fraction of sp³-hybridized carbons (Fsp3) is 0.500. The summed E-state index contributed by atoms with van der Waals surface area (Å²) in [6, 6.07) is 6.32. The fourth-order valence-corrected chi connectivity index (χ4v) is 3.07. The summed E-state index contributed by atoms with van der Waals surface area (Å²) < 4.78 is 1.15. The van der Waals surface area contributed by atoms with Crippen molar-refractivity contribution >= 4 is 32.4 Å². The number of hydrogen-bond acceptors (Lipinski definition) is 4. The van der Waals surface area contributed by atoms with E-state index < -0.39 is 0 Å². The van der Waals surface area contributed by atoms with Crippen LogP contribution in [0, 0.1) is 5.92 Å². The Kier molecular flexibility index (Phi) is 4.07. The molecule has 0 bridgehead atoms. The topological polar surface area (TPSA) is 50.9 Å². The summed E-state index contributed by atoms with van der Waals surface area (Å²) in [5.41, 5.74) is 7.59. The molecule has 2 rings (SSSR count). The third-order valence-corrected chi connectivity index (χ3v) is 4.18. The van der Waals surface area contributed by atoms with E-state index in [1.165, 1.54) is 12.8 Å². The Hall–Kier alpha value is -1.29. The van der Waals surface area contributed by atoms with Gasteiger partial charge in [0.05, 0.1) is 10.2 Å². The SMILES string of the molecule is CCC(C)CC(C)Nc1nc2ccc(N)cc2s1. The van der Waals surface area contributed by atoms with E-state index in [0.29, 0.717) is 6.04 Å². The summed E-state index contributed by atoms with van der Waals surface area (Å²) in [4.78, 5) is 4.58. The molecule has 18 heavy (non-hydrogen) atoms. The predicted octanol–water partition coefficient (Wildman–Crippen LogP) is 4.12. The molecule has 98 valence electrons. The van der Waals surface area contributed by atoms with Crippen LogP contribution in [0.2, 0.25) is 0 Å². The minimum Gasteiger partial charge on any atom is -0.399 e. The monoisotopic (exact) mass is 263 g/mol. The molecule has 2 aromatic rings. The molecule has 2 atom stereocenters. The molecule has 1 aromatic carbocycles. The average molecular weight is 263 g/mol. The third-order valence-electron chi connectivity index (χ3n) is 3.24. The zero-order valence-electron chi connectivity index (χ0n) is 11.2. The van der Waals surface area contributed by atoms with E-state index >= 15 is 0 Å². The Balaban J connectivity index is 2.07. The van der Waals surface area contributed by atoms with Crippen LogP contribution in [0.15, 0.2) is 18.2 Å². The van der Waals surface area contributed by atoms with Crippen molar-refractivity contribution in [3.63, 3.8) is 0 Å². The van der Waals surface area contributed by atoms with E-state index in [0.717, 1.165) is 27.0 Å². The Morgan fingerprint density at radius 3 is 2.89 bits per heavy atom. The maximum atomic E-state index is 5.78. The predicted molar refractivity (Wildman–Crippen MR) is 81.2 cm³/mol. The summed E-state index contributed by atoms with van der Waals surface area (Å²) in [5, 5.41) is 4.47. The van der Waals surface area contributed by atoms with Gasteiger partial charge in [0.1, 0.15) is 0 Å². The van der Waals surface area contributed by atoms with Crippen molar-refractivity contribution < 1.29 is 0 Å². The van der Waals surface area contributed by atoms with Gasteiger partial charge in [-0.05, 0) is 37.5 Å². The highest BCUT2D eigenvalue weighted by Crippen LogP contribution is 2.28. The van der Waals surface area contributed by atoms with Crippen LogP contribution in [-0.4, -0.2) is 11.0 Å². The highest BCUT2D eigenvalue weighted by Gasteiger charge is 2.10. The van der Waals surface area contributed by atoms with Crippen molar-refractivity contribution in [2.45, 2.75) is 39.7 Å². The first-order valence-corrected chi connectivity index (χ1v) is 7.32. The molecule has 0 amide bonds. The zero-order valence-corrected chi connectivity index (χ0v) is 12.1. The lowest BCUT2D eigenvalue weighted by molar-refractivity contribution is 0.484. The van der Waals surface area contributed by atoms with Gasteiger partial charge < -0.3 is 11.1 Å². The molecule has 0 aliphatic carbocycles. The van der Waals surface area contributed by atoms with Gasteiger partial charge in [-0.15, -0.1) is 0 Å². The van der Waals surface area contributed by atoms with E-state index in [1.807, 2.05) is 18.2 Å². The number of thiazole rings is 1. The summed E-state index contributed by atoms with van der Waals surface area (Å²) >= 11 is 1.67. The largest absolute Gasteiger partial charge is 0.399 e. The molecule has 0 saturated carbocycles. The number of aromatic nitrogens is 1. The zero-order chi connectivity index (χ0) is 13.1. The fourth-order valence-electron chi connectivity index (χ4n) is 2.04. The van der Waals surface area contributed by atoms with Gasteiger partial charge in [0.25, 0.3) is 0 Å². The number of fused-ring (bicyclic) bond motifs is 1. The second-order valence-electron chi connectivity index (χ2n) is 5.04. The highest BCUT2D eigenvalue weighted by atomic mass is 32.1. The Labute approximate surface area is 112 Å². The van der Waals surface area contributed by atoms with Crippen molar-refractivity contribution in [3.8, 4) is 0 Å². The van der Waals surface area contributed by atoms with Crippen molar-refractivity contribution in [3.05, 3.63) is 18.2 Å². The van der Waals surface area contributed by atoms with Crippen LogP contribution in [0.4, 0.5) is 10.8 Å². The highest BCUT2D eigenvalue weighted by molar-refractivity contribution is 7.22. The van der Waals surface area contributed by atoms with E-state index in [2.05, 4.69) is 31.1 Å². The maximum absolute atomic E-state index is 5.78. The first-order chi connectivity index (χ1) is 8.58. The Bertz CT molecular complexity index is 521. The Morgan fingerprint density at radius 1 is 1.39 bits per heavy atom. The lowest BCUT2D eigenvalue weighted by atomic mass is 10.0. The van der Waals surface area contributed by atoms with Crippen molar-refractivity contribution in [1.82, 2.24) is 4.98 Å². The minimum absolute atomic E-state index is 0.456. The lowest BCUT2D eigenvalue weighted by Crippen LogP contribution is -2.17. The summed E-state index contributed by atoms with van der Waals surface area (Å²) in [7, 11) is 0. The van der Waals surface area contributed by atoms with Crippen LogP contribution < -0.4 is 11.1 Å². The van der Waals surface area contributed by atoms with Gasteiger partial charge in [-0.2, -0.15) is 0 Å². The van der Waals surface area contributed by atoms with Crippen molar-refractivity contribution in [2.24, 2.45) is 5.92 Å². The average Bonchev–Trinajstić information content (AvgIpc) is 2.69. The molecule has 0 saturated heterocycles. The second-order valence-corrected chi connectivity index (χ2v) is 6.07. The molecule has 1 aromatic heterocycles. The van der Waals surface area contributed by atoms with Gasteiger partial charge in [0, 0.05) is 11.7 Å². The van der Waals surface area contributed by atoms with E-state index in [1.54, 1.807) is 11.3 Å². The minimum atomic E-state index is 0.456. The number of benzene rings is 1. The van der Waals surface area contributed by atoms with Crippen LogP contribution in [0.3, 0.4) is 0 Å². The molecule has 3 nitrogen and oxygen atoms in total. The van der Waals surface area contributed by atoms with Crippen molar-refractivity contribution in [2.75, 3.05) is 11.1 Å². The molecule has 3 N–H and O–H groups in total. The van der Waals surface area contributed by atoms with E-state index in [-0.39, 0.29) is 0 Å². The molecule has 0 spiro atoms. The smallest absolute Gasteiger partial charge is 0.184 e. The quantitative estimate of drug-likeness (QED) is 0.798. The van der Waals surface area contributed by atoms with E-state index in [9.17, 15) is 0 Å². The first-order valence-electron chi connectivity index (χ1n) is 6.51. The maximum Gasteiger partial charge on any atom is 0.184 e. The van der Waals surface area contributed by atoms with Crippen LogP contribution in [-0.2, 0) is 0 Å². The number of anilines is 2. The molecular formula is C14H21N3S. The third kappa shape index (κ3) is 3.13.